The molecule has 2 aliphatic carbocycles. The van der Waals surface area contributed by atoms with Crippen molar-refractivity contribution in [2.75, 3.05) is 6.61 Å². The van der Waals surface area contributed by atoms with Gasteiger partial charge in [-0.1, -0.05) is 30.5 Å². The molecule has 3 heteroatoms. The Kier molecular flexibility index (Phi) is 3.68. The molecule has 1 N–H and O–H groups in total. The van der Waals surface area contributed by atoms with E-state index in [0.717, 1.165) is 54.7 Å². The summed E-state index contributed by atoms with van der Waals surface area (Å²) in [4.78, 5) is 12.0. The molecule has 0 aliphatic heterocycles. The normalized spacial score (nSPS) is 20.5. The second-order valence-corrected chi connectivity index (χ2v) is 6.81. The number of aliphatic carboxylic acids is 1. The molecule has 114 valence electrons. The summed E-state index contributed by atoms with van der Waals surface area (Å²) in [6.45, 7) is 4.79. The number of hydrogen-bond acceptors (Lipinski definition) is 2. The highest BCUT2D eigenvalue weighted by atomic mass is 16.5. The smallest absolute Gasteiger partial charge is 0.314 e. The molecule has 0 unspecified atom stereocenters. The van der Waals surface area contributed by atoms with Gasteiger partial charge in [-0.3, -0.25) is 4.79 Å². The van der Waals surface area contributed by atoms with Crippen LogP contribution in [0, 0.1) is 19.8 Å². The van der Waals surface area contributed by atoms with E-state index in [2.05, 4.69) is 6.07 Å². The monoisotopic (exact) mass is 288 g/mol. The average Bonchev–Trinajstić information content (AvgIpc) is 3.11. The molecule has 1 aromatic rings. The van der Waals surface area contributed by atoms with Gasteiger partial charge in [0.2, 0.25) is 0 Å². The van der Waals surface area contributed by atoms with Gasteiger partial charge in [0.05, 0.1) is 12.0 Å². The predicted molar refractivity (Wildman–Crippen MR) is 81.9 cm³/mol. The van der Waals surface area contributed by atoms with Crippen LogP contribution in [0.2, 0.25) is 0 Å². The Morgan fingerprint density at radius 3 is 2.52 bits per heavy atom. The lowest BCUT2D eigenvalue weighted by molar-refractivity contribution is -0.143. The number of benzene rings is 1. The Morgan fingerprint density at radius 1 is 1.29 bits per heavy atom. The summed E-state index contributed by atoms with van der Waals surface area (Å²) in [6.07, 6.45) is 5.91. The van der Waals surface area contributed by atoms with Gasteiger partial charge >= 0.3 is 5.97 Å². The largest absolute Gasteiger partial charge is 0.493 e. The Labute approximate surface area is 126 Å². The molecule has 2 saturated carbocycles. The minimum atomic E-state index is -0.740. The molecule has 0 amide bonds. The van der Waals surface area contributed by atoms with Crippen molar-refractivity contribution >= 4 is 5.97 Å². The first-order chi connectivity index (χ1) is 10.0. The summed E-state index contributed by atoms with van der Waals surface area (Å²) in [5.74, 6) is 0.806. The number of carboxylic acid groups (broad SMARTS) is 1. The molecule has 0 radical (unpaired) electrons. The van der Waals surface area contributed by atoms with E-state index in [1.807, 2.05) is 19.9 Å². The first kappa shape index (κ1) is 14.4. The van der Waals surface area contributed by atoms with Crippen LogP contribution in [0.4, 0.5) is 0 Å². The van der Waals surface area contributed by atoms with Crippen molar-refractivity contribution in [3.8, 4) is 5.75 Å². The van der Waals surface area contributed by atoms with Gasteiger partial charge in [-0.15, -0.1) is 0 Å². The maximum atomic E-state index is 12.0. The number of aryl methyl sites for hydroxylation is 2. The molecule has 2 aliphatic rings. The van der Waals surface area contributed by atoms with Crippen LogP contribution in [0.5, 0.6) is 5.75 Å². The number of rotatable bonds is 5. The Hall–Kier alpha value is -1.51. The molecule has 0 saturated heterocycles. The number of carbonyl (C=O) groups is 1. The second kappa shape index (κ2) is 5.36. The molecule has 3 rings (SSSR count). The van der Waals surface area contributed by atoms with E-state index in [1.54, 1.807) is 0 Å². The van der Waals surface area contributed by atoms with Gasteiger partial charge in [0.25, 0.3) is 0 Å². The zero-order chi connectivity index (χ0) is 15.0. The quantitative estimate of drug-likeness (QED) is 0.891. The third-order valence-electron chi connectivity index (χ3n) is 4.96. The fourth-order valence-corrected chi connectivity index (χ4v) is 3.56. The molecule has 1 aromatic carbocycles. The van der Waals surface area contributed by atoms with Crippen molar-refractivity contribution in [3.63, 3.8) is 0 Å². The van der Waals surface area contributed by atoms with Gasteiger partial charge in [0.1, 0.15) is 5.75 Å². The van der Waals surface area contributed by atoms with E-state index in [9.17, 15) is 9.90 Å². The lowest BCUT2D eigenvalue weighted by Crippen LogP contribution is -2.33. The van der Waals surface area contributed by atoms with Gasteiger partial charge in [0, 0.05) is 5.56 Å². The molecule has 0 atom stereocenters. The van der Waals surface area contributed by atoms with Crippen LogP contribution in [0.3, 0.4) is 0 Å². The van der Waals surface area contributed by atoms with Crippen molar-refractivity contribution in [1.29, 1.82) is 0 Å². The molecule has 0 bridgehead atoms. The van der Waals surface area contributed by atoms with E-state index in [-0.39, 0.29) is 0 Å². The minimum absolute atomic E-state index is 0.669. The van der Waals surface area contributed by atoms with Crippen LogP contribution in [0.25, 0.3) is 0 Å². The number of carboxylic acids is 1. The molecule has 21 heavy (non-hydrogen) atoms. The fourth-order valence-electron chi connectivity index (χ4n) is 3.56. The Morgan fingerprint density at radius 2 is 1.95 bits per heavy atom. The highest BCUT2D eigenvalue weighted by Crippen LogP contribution is 2.46. The molecule has 0 spiro atoms. The summed E-state index contributed by atoms with van der Waals surface area (Å²) in [5, 5.41) is 9.86. The van der Waals surface area contributed by atoms with Crippen molar-refractivity contribution in [2.45, 2.75) is 57.8 Å². The molecule has 2 fully saturated rings. The first-order valence-corrected chi connectivity index (χ1v) is 8.01. The molecule has 3 nitrogen and oxygen atoms in total. The van der Waals surface area contributed by atoms with Crippen LogP contribution >= 0.6 is 0 Å². The average molecular weight is 288 g/mol. The standard InChI is InChI=1S/C18H24O3/c1-12-9-13(2)16(21-11-14-5-6-14)15(10-12)18(17(19)20)7-3-4-8-18/h9-10,14H,3-8,11H2,1-2H3,(H,19,20). The predicted octanol–water partition coefficient (Wildman–Crippen LogP) is 3.99. The zero-order valence-corrected chi connectivity index (χ0v) is 12.9. The van der Waals surface area contributed by atoms with Crippen LogP contribution in [0.15, 0.2) is 12.1 Å². The van der Waals surface area contributed by atoms with Gasteiger partial charge < -0.3 is 9.84 Å². The van der Waals surface area contributed by atoms with Crippen molar-refractivity contribution in [1.82, 2.24) is 0 Å². The first-order valence-electron chi connectivity index (χ1n) is 8.01. The number of hydrogen-bond donors (Lipinski definition) is 1. The van der Waals surface area contributed by atoms with Crippen molar-refractivity contribution in [3.05, 3.63) is 28.8 Å². The highest BCUT2D eigenvalue weighted by molar-refractivity contribution is 5.83. The van der Waals surface area contributed by atoms with Gasteiger partial charge in [-0.25, -0.2) is 0 Å². The van der Waals surface area contributed by atoms with E-state index in [4.69, 9.17) is 4.74 Å². The molecular weight excluding hydrogens is 264 g/mol. The van der Waals surface area contributed by atoms with E-state index >= 15 is 0 Å². The van der Waals surface area contributed by atoms with Crippen molar-refractivity contribution < 1.29 is 14.6 Å². The van der Waals surface area contributed by atoms with Crippen LogP contribution < -0.4 is 4.74 Å². The maximum absolute atomic E-state index is 12.0. The Balaban J connectivity index is 2.03. The lowest BCUT2D eigenvalue weighted by atomic mass is 9.77. The van der Waals surface area contributed by atoms with Crippen LogP contribution in [-0.4, -0.2) is 17.7 Å². The Bertz CT molecular complexity index is 552. The minimum Gasteiger partial charge on any atom is -0.493 e. The fraction of sp³-hybridized carbons (Fsp3) is 0.611. The zero-order valence-electron chi connectivity index (χ0n) is 12.9. The second-order valence-electron chi connectivity index (χ2n) is 6.81. The SMILES string of the molecule is Cc1cc(C)c(OCC2CC2)c(C2(C(=O)O)CCCC2)c1. The van der Waals surface area contributed by atoms with E-state index in [0.29, 0.717) is 5.92 Å². The summed E-state index contributed by atoms with van der Waals surface area (Å²) in [7, 11) is 0. The summed E-state index contributed by atoms with van der Waals surface area (Å²) in [5.41, 5.74) is 2.35. The van der Waals surface area contributed by atoms with Crippen LogP contribution in [-0.2, 0) is 10.2 Å². The summed E-state index contributed by atoms with van der Waals surface area (Å²) < 4.78 is 6.07. The molecule has 0 heterocycles. The summed E-state index contributed by atoms with van der Waals surface area (Å²) in [6, 6.07) is 4.13. The highest BCUT2D eigenvalue weighted by Gasteiger charge is 2.45. The lowest BCUT2D eigenvalue weighted by Gasteiger charge is -2.28. The summed E-state index contributed by atoms with van der Waals surface area (Å²) >= 11 is 0. The van der Waals surface area contributed by atoms with Gasteiger partial charge in [0.15, 0.2) is 0 Å². The third kappa shape index (κ3) is 2.66. The maximum Gasteiger partial charge on any atom is 0.314 e. The number of ether oxygens (including phenoxy) is 1. The molecule has 0 aromatic heterocycles. The van der Waals surface area contributed by atoms with Gasteiger partial charge in [-0.05, 0) is 51.0 Å². The van der Waals surface area contributed by atoms with Gasteiger partial charge in [-0.2, -0.15) is 0 Å². The third-order valence-corrected chi connectivity index (χ3v) is 4.96. The van der Waals surface area contributed by atoms with E-state index in [1.165, 1.54) is 12.8 Å². The van der Waals surface area contributed by atoms with Crippen LogP contribution in [0.1, 0.15) is 55.2 Å². The molecular formula is C18H24O3. The van der Waals surface area contributed by atoms with Crippen molar-refractivity contribution in [2.24, 2.45) is 5.92 Å². The topological polar surface area (TPSA) is 46.5 Å². The van der Waals surface area contributed by atoms with E-state index < -0.39 is 11.4 Å².